The van der Waals surface area contributed by atoms with Gasteiger partial charge in [-0.05, 0) is 38.2 Å². The van der Waals surface area contributed by atoms with Gasteiger partial charge in [-0.2, -0.15) is 0 Å². The summed E-state index contributed by atoms with van der Waals surface area (Å²) in [5, 5.41) is 0. The van der Waals surface area contributed by atoms with Gasteiger partial charge in [-0.3, -0.25) is 0 Å². The van der Waals surface area contributed by atoms with Crippen LogP contribution in [0.15, 0.2) is 12.3 Å². The van der Waals surface area contributed by atoms with Crippen molar-refractivity contribution in [1.82, 2.24) is 0 Å². The number of hydrogen-bond acceptors (Lipinski definition) is 4. The molecule has 0 saturated carbocycles. The fraction of sp³-hybridized carbons (Fsp3) is 0.769. The van der Waals surface area contributed by atoms with Crippen molar-refractivity contribution >= 4 is 6.29 Å². The first kappa shape index (κ1) is 16.1. The van der Waals surface area contributed by atoms with Crippen LogP contribution >= 0.6 is 0 Å². The zero-order valence-electron chi connectivity index (χ0n) is 11.1. The number of methoxy groups -OCH3 is 3. The van der Waals surface area contributed by atoms with Crippen LogP contribution in [0.2, 0.25) is 0 Å². The second kappa shape index (κ2) is 11.6. The summed E-state index contributed by atoms with van der Waals surface area (Å²) < 4.78 is 15.2. The van der Waals surface area contributed by atoms with Crippen LogP contribution in [0.25, 0.3) is 0 Å². The van der Waals surface area contributed by atoms with E-state index in [2.05, 4.69) is 0 Å². The van der Waals surface area contributed by atoms with E-state index in [4.69, 9.17) is 14.2 Å². The normalized spacial score (nSPS) is 14.8. The number of carbonyl (C=O) groups is 1. The SMILES string of the molecule is COC=CCCC(CCCC(C=O)OC)OC. The van der Waals surface area contributed by atoms with E-state index in [0.29, 0.717) is 0 Å². The molecule has 0 aliphatic heterocycles. The topological polar surface area (TPSA) is 44.8 Å². The summed E-state index contributed by atoms with van der Waals surface area (Å²) in [6.07, 6.45) is 9.02. The molecule has 0 bridgehead atoms. The van der Waals surface area contributed by atoms with Crippen LogP contribution in [0.3, 0.4) is 0 Å². The highest BCUT2D eigenvalue weighted by Gasteiger charge is 2.09. The van der Waals surface area contributed by atoms with E-state index in [1.165, 1.54) is 0 Å². The first-order valence-corrected chi connectivity index (χ1v) is 5.97. The molecule has 0 N–H and O–H groups in total. The van der Waals surface area contributed by atoms with E-state index in [1.807, 2.05) is 6.08 Å². The summed E-state index contributed by atoms with van der Waals surface area (Å²) >= 11 is 0. The van der Waals surface area contributed by atoms with Gasteiger partial charge in [-0.25, -0.2) is 0 Å². The summed E-state index contributed by atoms with van der Waals surface area (Å²) in [6, 6.07) is 0. The molecule has 0 amide bonds. The molecule has 0 saturated heterocycles. The van der Waals surface area contributed by atoms with Crippen molar-refractivity contribution in [1.29, 1.82) is 0 Å². The molecule has 0 spiro atoms. The summed E-state index contributed by atoms with van der Waals surface area (Å²) in [5.74, 6) is 0. The Morgan fingerprint density at radius 1 is 1.06 bits per heavy atom. The minimum Gasteiger partial charge on any atom is -0.505 e. The van der Waals surface area contributed by atoms with Gasteiger partial charge in [0.25, 0.3) is 0 Å². The molecule has 2 atom stereocenters. The Balaban J connectivity index is 3.66. The maximum Gasteiger partial charge on any atom is 0.148 e. The molecular formula is C13H24O4. The molecule has 0 aromatic carbocycles. The van der Waals surface area contributed by atoms with Crippen LogP contribution in [-0.4, -0.2) is 39.8 Å². The van der Waals surface area contributed by atoms with Crippen LogP contribution in [0, 0.1) is 0 Å². The van der Waals surface area contributed by atoms with Gasteiger partial charge < -0.3 is 19.0 Å². The molecule has 0 aliphatic carbocycles. The Morgan fingerprint density at radius 3 is 2.35 bits per heavy atom. The molecule has 0 aromatic rings. The van der Waals surface area contributed by atoms with Gasteiger partial charge in [0.15, 0.2) is 0 Å². The monoisotopic (exact) mass is 244 g/mol. The van der Waals surface area contributed by atoms with Gasteiger partial charge in [0.1, 0.15) is 12.4 Å². The third-order valence-corrected chi connectivity index (χ3v) is 2.69. The second-order valence-corrected chi connectivity index (χ2v) is 3.88. The first-order valence-electron chi connectivity index (χ1n) is 5.97. The van der Waals surface area contributed by atoms with Crippen molar-refractivity contribution < 1.29 is 19.0 Å². The summed E-state index contributed by atoms with van der Waals surface area (Å²) in [7, 11) is 4.91. The fourth-order valence-corrected chi connectivity index (χ4v) is 1.61. The minimum absolute atomic E-state index is 0.237. The largest absolute Gasteiger partial charge is 0.505 e. The van der Waals surface area contributed by atoms with Crippen LogP contribution in [-0.2, 0) is 19.0 Å². The number of allylic oxidation sites excluding steroid dienone is 1. The van der Waals surface area contributed by atoms with E-state index in [9.17, 15) is 4.79 Å². The standard InChI is InChI=1S/C13H24O4/c1-15-10-5-4-7-12(16-2)8-6-9-13(11-14)17-3/h5,10-13H,4,6-9H2,1-3H3. The van der Waals surface area contributed by atoms with Crippen LogP contribution in [0.1, 0.15) is 32.1 Å². The second-order valence-electron chi connectivity index (χ2n) is 3.88. The van der Waals surface area contributed by atoms with Crippen LogP contribution in [0.4, 0.5) is 0 Å². The predicted octanol–water partition coefficient (Wildman–Crippen LogP) is 2.33. The molecule has 4 heteroatoms. The molecular weight excluding hydrogens is 220 g/mol. The number of hydrogen-bond donors (Lipinski definition) is 0. The lowest BCUT2D eigenvalue weighted by atomic mass is 10.1. The summed E-state index contributed by atoms with van der Waals surface area (Å²) in [6.45, 7) is 0. The fourth-order valence-electron chi connectivity index (χ4n) is 1.61. The van der Waals surface area contributed by atoms with Gasteiger partial charge >= 0.3 is 0 Å². The molecule has 0 fully saturated rings. The van der Waals surface area contributed by atoms with Crippen molar-refractivity contribution in [2.24, 2.45) is 0 Å². The lowest BCUT2D eigenvalue weighted by Crippen LogP contribution is -2.15. The Morgan fingerprint density at radius 2 is 1.82 bits per heavy atom. The third-order valence-electron chi connectivity index (χ3n) is 2.69. The average molecular weight is 244 g/mol. The Hall–Kier alpha value is -0.870. The van der Waals surface area contributed by atoms with E-state index < -0.39 is 0 Å². The summed E-state index contributed by atoms with van der Waals surface area (Å²) in [4.78, 5) is 10.5. The van der Waals surface area contributed by atoms with Gasteiger partial charge in [-0.1, -0.05) is 0 Å². The maximum atomic E-state index is 10.5. The minimum atomic E-state index is -0.277. The highest BCUT2D eigenvalue weighted by atomic mass is 16.5. The van der Waals surface area contributed by atoms with Crippen molar-refractivity contribution in [3.05, 3.63) is 12.3 Å². The number of aldehydes is 1. The molecule has 4 nitrogen and oxygen atoms in total. The molecule has 0 heterocycles. The third kappa shape index (κ3) is 8.89. The predicted molar refractivity (Wildman–Crippen MR) is 66.9 cm³/mol. The maximum absolute atomic E-state index is 10.5. The van der Waals surface area contributed by atoms with Crippen molar-refractivity contribution in [3.8, 4) is 0 Å². The average Bonchev–Trinajstić information content (AvgIpc) is 2.37. The molecule has 0 radical (unpaired) electrons. The lowest BCUT2D eigenvalue weighted by Gasteiger charge is -2.15. The smallest absolute Gasteiger partial charge is 0.148 e. The van der Waals surface area contributed by atoms with E-state index in [-0.39, 0.29) is 12.2 Å². The van der Waals surface area contributed by atoms with Crippen molar-refractivity contribution in [2.75, 3.05) is 21.3 Å². The molecule has 0 rings (SSSR count). The van der Waals surface area contributed by atoms with Gasteiger partial charge in [0.05, 0.1) is 19.5 Å². The number of ether oxygens (including phenoxy) is 3. The summed E-state index contributed by atoms with van der Waals surface area (Å²) in [5.41, 5.74) is 0. The van der Waals surface area contributed by atoms with Gasteiger partial charge in [0.2, 0.25) is 0 Å². The van der Waals surface area contributed by atoms with Crippen molar-refractivity contribution in [2.45, 2.75) is 44.3 Å². The van der Waals surface area contributed by atoms with Crippen LogP contribution < -0.4 is 0 Å². The highest BCUT2D eigenvalue weighted by molar-refractivity contribution is 5.55. The number of rotatable bonds is 11. The first-order chi connectivity index (χ1) is 8.28. The van der Waals surface area contributed by atoms with E-state index >= 15 is 0 Å². The molecule has 2 unspecified atom stereocenters. The lowest BCUT2D eigenvalue weighted by molar-refractivity contribution is -0.116. The Bertz CT molecular complexity index is 204. The molecule has 100 valence electrons. The van der Waals surface area contributed by atoms with Gasteiger partial charge in [0, 0.05) is 14.2 Å². The zero-order valence-corrected chi connectivity index (χ0v) is 11.1. The Labute approximate surface area is 104 Å². The quantitative estimate of drug-likeness (QED) is 0.413. The van der Waals surface area contributed by atoms with E-state index in [0.717, 1.165) is 38.4 Å². The van der Waals surface area contributed by atoms with Crippen molar-refractivity contribution in [3.63, 3.8) is 0 Å². The molecule has 0 aliphatic rings. The zero-order chi connectivity index (χ0) is 12.9. The molecule has 0 aromatic heterocycles. The highest BCUT2D eigenvalue weighted by Crippen LogP contribution is 2.12. The Kier molecular flexibility index (Phi) is 11.0. The number of carbonyl (C=O) groups excluding carboxylic acids is 1. The molecule has 17 heavy (non-hydrogen) atoms. The van der Waals surface area contributed by atoms with E-state index in [1.54, 1.807) is 27.6 Å². The van der Waals surface area contributed by atoms with Gasteiger partial charge in [-0.15, -0.1) is 0 Å². The van der Waals surface area contributed by atoms with Crippen LogP contribution in [0.5, 0.6) is 0 Å².